The van der Waals surface area contributed by atoms with Gasteiger partial charge in [0.2, 0.25) is 5.91 Å². The molecule has 0 bridgehead atoms. The summed E-state index contributed by atoms with van der Waals surface area (Å²) in [6, 6.07) is 15.1. The largest absolute Gasteiger partial charge is 0.478 e. The fraction of sp³-hybridized carbons (Fsp3) is 0.192. The predicted octanol–water partition coefficient (Wildman–Crippen LogP) is 3.68. The van der Waals surface area contributed by atoms with Gasteiger partial charge in [-0.25, -0.2) is 13.6 Å². The molecule has 2 amide bonds. The summed E-state index contributed by atoms with van der Waals surface area (Å²) in [5, 5.41) is 14.9. The van der Waals surface area contributed by atoms with Gasteiger partial charge < -0.3 is 20.6 Å². The zero-order valence-corrected chi connectivity index (χ0v) is 19.2. The Balaban J connectivity index is 1.41. The molecule has 0 unspecified atom stereocenters. The van der Waals surface area contributed by atoms with E-state index in [1.807, 2.05) is 9.80 Å². The van der Waals surface area contributed by atoms with Gasteiger partial charge in [0.15, 0.2) is 0 Å². The first-order chi connectivity index (χ1) is 17.3. The molecular formula is C26H24F2N4O4. The molecule has 10 heteroatoms. The Morgan fingerprint density at radius 3 is 1.97 bits per heavy atom. The molecule has 36 heavy (non-hydrogen) atoms. The maximum atomic E-state index is 13.2. The van der Waals surface area contributed by atoms with Crippen molar-refractivity contribution in [3.05, 3.63) is 89.5 Å². The van der Waals surface area contributed by atoms with Crippen LogP contribution in [0.1, 0.15) is 20.7 Å². The first-order valence-electron chi connectivity index (χ1n) is 11.3. The molecule has 0 saturated carbocycles. The van der Waals surface area contributed by atoms with Crippen molar-refractivity contribution in [2.24, 2.45) is 0 Å². The van der Waals surface area contributed by atoms with Crippen LogP contribution < -0.4 is 15.5 Å². The molecule has 186 valence electrons. The van der Waals surface area contributed by atoms with Gasteiger partial charge in [0, 0.05) is 37.4 Å². The zero-order valence-electron chi connectivity index (χ0n) is 19.2. The molecule has 1 aliphatic heterocycles. The number of carbonyl (C=O) groups excluding carboxylic acids is 2. The minimum Gasteiger partial charge on any atom is -0.478 e. The molecule has 3 aromatic rings. The highest BCUT2D eigenvalue weighted by atomic mass is 19.1. The first-order valence-corrected chi connectivity index (χ1v) is 11.3. The van der Waals surface area contributed by atoms with Crippen LogP contribution >= 0.6 is 0 Å². The minimum absolute atomic E-state index is 0.0178. The Morgan fingerprint density at radius 1 is 0.778 bits per heavy atom. The maximum absolute atomic E-state index is 13.2. The van der Waals surface area contributed by atoms with Gasteiger partial charge in [-0.15, -0.1) is 0 Å². The Labute approximate surface area is 206 Å². The summed E-state index contributed by atoms with van der Waals surface area (Å²) in [4.78, 5) is 40.5. The van der Waals surface area contributed by atoms with E-state index in [0.29, 0.717) is 43.2 Å². The van der Waals surface area contributed by atoms with Gasteiger partial charge in [-0.3, -0.25) is 14.5 Å². The number of nitrogens with one attached hydrogen (secondary N) is 2. The van der Waals surface area contributed by atoms with Gasteiger partial charge in [-0.05, 0) is 66.7 Å². The summed E-state index contributed by atoms with van der Waals surface area (Å²) in [6.45, 7) is 2.36. The number of nitrogens with zero attached hydrogens (tertiary/aromatic N) is 2. The van der Waals surface area contributed by atoms with E-state index in [-0.39, 0.29) is 29.4 Å². The van der Waals surface area contributed by atoms with E-state index >= 15 is 0 Å². The molecule has 0 aromatic heterocycles. The number of piperazine rings is 1. The van der Waals surface area contributed by atoms with Crippen LogP contribution in [0.25, 0.3) is 0 Å². The number of hydrogen-bond acceptors (Lipinski definition) is 5. The molecule has 0 spiro atoms. The molecular weight excluding hydrogens is 470 g/mol. The van der Waals surface area contributed by atoms with Crippen molar-refractivity contribution in [3.8, 4) is 0 Å². The van der Waals surface area contributed by atoms with Gasteiger partial charge >= 0.3 is 5.97 Å². The van der Waals surface area contributed by atoms with E-state index < -0.39 is 17.7 Å². The number of halogens is 2. The molecule has 4 rings (SSSR count). The lowest BCUT2D eigenvalue weighted by atomic mass is 10.1. The van der Waals surface area contributed by atoms with Crippen LogP contribution in [0.2, 0.25) is 0 Å². The Bertz CT molecular complexity index is 1260. The van der Waals surface area contributed by atoms with Gasteiger partial charge in [0.05, 0.1) is 23.5 Å². The molecule has 1 heterocycles. The number of benzene rings is 3. The molecule has 8 nitrogen and oxygen atoms in total. The fourth-order valence-corrected chi connectivity index (χ4v) is 3.92. The predicted molar refractivity (Wildman–Crippen MR) is 131 cm³/mol. The summed E-state index contributed by atoms with van der Waals surface area (Å²) in [5.41, 5.74) is 1.74. The summed E-state index contributed by atoms with van der Waals surface area (Å²) in [6.07, 6.45) is 0. The maximum Gasteiger partial charge on any atom is 0.335 e. The molecule has 3 N–H and O–H groups in total. The van der Waals surface area contributed by atoms with Crippen molar-refractivity contribution in [1.29, 1.82) is 0 Å². The number of carbonyl (C=O) groups is 3. The van der Waals surface area contributed by atoms with Crippen molar-refractivity contribution >= 4 is 34.8 Å². The third-order valence-electron chi connectivity index (χ3n) is 5.81. The summed E-state index contributed by atoms with van der Waals surface area (Å²) in [5.74, 6) is -2.68. The number of carboxylic acid groups (broad SMARTS) is 1. The van der Waals surface area contributed by atoms with Gasteiger partial charge in [0.1, 0.15) is 11.6 Å². The monoisotopic (exact) mass is 494 g/mol. The first kappa shape index (κ1) is 24.8. The molecule has 1 fully saturated rings. The van der Waals surface area contributed by atoms with Crippen molar-refractivity contribution in [2.45, 2.75) is 0 Å². The van der Waals surface area contributed by atoms with Crippen LogP contribution in [0.5, 0.6) is 0 Å². The Morgan fingerprint density at radius 2 is 1.36 bits per heavy atom. The third kappa shape index (κ3) is 6.22. The lowest BCUT2D eigenvalue weighted by Gasteiger charge is -2.36. The molecule has 0 radical (unpaired) electrons. The molecule has 1 aliphatic rings. The highest BCUT2D eigenvalue weighted by Crippen LogP contribution is 2.29. The Kier molecular flexibility index (Phi) is 7.55. The van der Waals surface area contributed by atoms with E-state index in [1.165, 1.54) is 60.7 Å². The quantitative estimate of drug-likeness (QED) is 0.463. The van der Waals surface area contributed by atoms with Crippen LogP contribution in [-0.4, -0.2) is 60.5 Å². The van der Waals surface area contributed by atoms with Crippen molar-refractivity contribution < 1.29 is 28.3 Å². The van der Waals surface area contributed by atoms with E-state index in [4.69, 9.17) is 0 Å². The number of amides is 2. The average molecular weight is 494 g/mol. The second-order valence-electron chi connectivity index (χ2n) is 8.32. The zero-order chi connectivity index (χ0) is 25.7. The lowest BCUT2D eigenvalue weighted by Crippen LogP contribution is -2.48. The van der Waals surface area contributed by atoms with Crippen molar-refractivity contribution in [1.82, 2.24) is 4.90 Å². The number of hydrogen-bond donors (Lipinski definition) is 3. The van der Waals surface area contributed by atoms with Crippen LogP contribution in [0.15, 0.2) is 66.7 Å². The Hall–Kier alpha value is -4.31. The van der Waals surface area contributed by atoms with Crippen molar-refractivity contribution in [3.63, 3.8) is 0 Å². The van der Waals surface area contributed by atoms with E-state index in [1.54, 1.807) is 6.07 Å². The second-order valence-corrected chi connectivity index (χ2v) is 8.32. The van der Waals surface area contributed by atoms with Gasteiger partial charge in [-0.2, -0.15) is 0 Å². The van der Waals surface area contributed by atoms with Gasteiger partial charge in [0.25, 0.3) is 5.91 Å². The summed E-state index contributed by atoms with van der Waals surface area (Å²) >= 11 is 0. The summed E-state index contributed by atoms with van der Waals surface area (Å²) in [7, 11) is 0. The molecule has 0 atom stereocenters. The van der Waals surface area contributed by atoms with Crippen LogP contribution in [0.3, 0.4) is 0 Å². The average Bonchev–Trinajstić information content (AvgIpc) is 2.86. The van der Waals surface area contributed by atoms with E-state index in [0.717, 1.165) is 0 Å². The van der Waals surface area contributed by atoms with E-state index in [9.17, 15) is 28.3 Å². The minimum atomic E-state index is -1.13. The van der Waals surface area contributed by atoms with Crippen LogP contribution in [0, 0.1) is 11.6 Å². The van der Waals surface area contributed by atoms with Gasteiger partial charge in [-0.1, -0.05) is 0 Å². The SMILES string of the molecule is O=C(CN1CCN(c2ccc(C(=O)O)cc2NC(=O)c2ccc(F)cc2)CC1)Nc1ccc(F)cc1. The number of carboxylic acids is 1. The highest BCUT2D eigenvalue weighted by Gasteiger charge is 2.23. The van der Waals surface area contributed by atoms with Crippen LogP contribution in [0.4, 0.5) is 25.8 Å². The topological polar surface area (TPSA) is 102 Å². The smallest absolute Gasteiger partial charge is 0.335 e. The lowest BCUT2D eigenvalue weighted by molar-refractivity contribution is -0.117. The third-order valence-corrected chi connectivity index (χ3v) is 5.81. The molecule has 3 aromatic carbocycles. The van der Waals surface area contributed by atoms with E-state index in [2.05, 4.69) is 10.6 Å². The number of rotatable bonds is 7. The molecule has 0 aliphatic carbocycles. The number of anilines is 3. The normalized spacial score (nSPS) is 13.8. The fourth-order valence-electron chi connectivity index (χ4n) is 3.92. The van der Waals surface area contributed by atoms with Crippen molar-refractivity contribution in [2.75, 3.05) is 48.3 Å². The summed E-state index contributed by atoms with van der Waals surface area (Å²) < 4.78 is 26.3. The second kappa shape index (κ2) is 11.0. The highest BCUT2D eigenvalue weighted by molar-refractivity contribution is 6.06. The van der Waals surface area contributed by atoms with Crippen LogP contribution in [-0.2, 0) is 4.79 Å². The number of aromatic carboxylic acids is 1. The standard InChI is InChI=1S/C26H24F2N4O4/c27-19-4-1-17(2-5-19)25(34)30-22-15-18(26(35)36)3-10-23(22)32-13-11-31(12-14-32)16-24(33)29-21-8-6-20(28)7-9-21/h1-10,15H,11-14,16H2,(H,29,33)(H,30,34)(H,35,36). The molecule has 1 saturated heterocycles.